The van der Waals surface area contributed by atoms with Crippen molar-refractivity contribution >= 4 is 33.4 Å². The van der Waals surface area contributed by atoms with Crippen molar-refractivity contribution in [3.8, 4) is 22.6 Å². The van der Waals surface area contributed by atoms with E-state index in [0.717, 1.165) is 16.8 Å². The number of benzene rings is 1. The zero-order chi connectivity index (χ0) is 24.3. The van der Waals surface area contributed by atoms with Gasteiger partial charge in [-0.05, 0) is 31.2 Å². The molecule has 0 spiro atoms. The van der Waals surface area contributed by atoms with Gasteiger partial charge in [0.1, 0.15) is 5.82 Å². The number of aromatic nitrogens is 3. The molecule has 3 heterocycles. The molecule has 34 heavy (non-hydrogen) atoms. The minimum atomic E-state index is -3.81. The van der Waals surface area contributed by atoms with Gasteiger partial charge in [-0.25, -0.2) is 18.4 Å². The Labute approximate surface area is 203 Å². The van der Waals surface area contributed by atoms with Gasteiger partial charge in [-0.2, -0.15) is 4.31 Å². The van der Waals surface area contributed by atoms with Crippen LogP contribution in [0.5, 0.6) is 0 Å². The quantitative estimate of drug-likeness (QED) is 0.475. The molecule has 3 aromatic rings. The Morgan fingerprint density at radius 2 is 1.76 bits per heavy atom. The van der Waals surface area contributed by atoms with Gasteiger partial charge < -0.3 is 9.64 Å². The van der Waals surface area contributed by atoms with Crippen molar-refractivity contribution in [3.05, 3.63) is 59.9 Å². The molecule has 11 heteroatoms. The summed E-state index contributed by atoms with van der Waals surface area (Å²) in [4.78, 5) is 27.4. The summed E-state index contributed by atoms with van der Waals surface area (Å²) in [5.74, 6) is 0.425. The molecule has 1 aliphatic heterocycles. The minimum absolute atomic E-state index is 0.228. The van der Waals surface area contributed by atoms with Crippen molar-refractivity contribution < 1.29 is 17.9 Å². The van der Waals surface area contributed by atoms with Gasteiger partial charge in [-0.15, -0.1) is 0 Å². The van der Waals surface area contributed by atoms with Crippen LogP contribution in [0.1, 0.15) is 6.92 Å². The maximum Gasteiger partial charge on any atom is 0.325 e. The van der Waals surface area contributed by atoms with Gasteiger partial charge in [-0.1, -0.05) is 23.7 Å². The molecule has 1 atom stereocenters. The summed E-state index contributed by atoms with van der Waals surface area (Å²) in [7, 11) is -2.63. The second-order valence-corrected chi connectivity index (χ2v) is 10.5. The van der Waals surface area contributed by atoms with Crippen molar-refractivity contribution in [2.75, 3.05) is 38.2 Å². The van der Waals surface area contributed by atoms with Crippen LogP contribution in [0.15, 0.2) is 54.9 Å². The van der Waals surface area contributed by atoms with Gasteiger partial charge in [0.15, 0.2) is 11.1 Å². The highest BCUT2D eigenvalue weighted by atomic mass is 35.5. The summed E-state index contributed by atoms with van der Waals surface area (Å²) in [6.45, 7) is 2.63. The summed E-state index contributed by atoms with van der Waals surface area (Å²) in [5, 5.41) is -0.624. The highest BCUT2D eigenvalue weighted by Gasteiger charge is 2.36. The molecule has 1 aliphatic rings. The lowest BCUT2D eigenvalue weighted by Crippen LogP contribution is -2.52. The summed E-state index contributed by atoms with van der Waals surface area (Å²) in [5.41, 5.74) is 2.37. The number of sulfonamides is 1. The fourth-order valence-corrected chi connectivity index (χ4v) is 5.26. The fourth-order valence-electron chi connectivity index (χ4n) is 3.67. The molecule has 1 fully saturated rings. The van der Waals surface area contributed by atoms with Crippen LogP contribution in [0.2, 0.25) is 5.02 Å². The molecule has 1 saturated heterocycles. The topological polar surface area (TPSA) is 106 Å². The Morgan fingerprint density at radius 3 is 2.38 bits per heavy atom. The number of rotatable bonds is 6. The Kier molecular flexibility index (Phi) is 7.11. The Hall–Kier alpha value is -3.08. The molecule has 1 unspecified atom stereocenters. The third kappa shape index (κ3) is 5.03. The molecule has 0 bridgehead atoms. The molecule has 0 radical (unpaired) electrons. The highest BCUT2D eigenvalue weighted by molar-refractivity contribution is 7.90. The van der Waals surface area contributed by atoms with Gasteiger partial charge in [-0.3, -0.25) is 9.78 Å². The molecule has 0 amide bonds. The Morgan fingerprint density at radius 1 is 1.06 bits per heavy atom. The summed E-state index contributed by atoms with van der Waals surface area (Å²) in [6, 6.07) is 13.0. The molecule has 4 rings (SSSR count). The summed E-state index contributed by atoms with van der Waals surface area (Å²) >= 11 is 6.05. The lowest BCUT2D eigenvalue weighted by molar-refractivity contribution is -0.139. The monoisotopic (exact) mass is 501 g/mol. The maximum absolute atomic E-state index is 12.8. The van der Waals surface area contributed by atoms with Crippen LogP contribution >= 0.6 is 11.6 Å². The van der Waals surface area contributed by atoms with Crippen LogP contribution in [0, 0.1) is 0 Å². The molecule has 1 aromatic carbocycles. The third-order valence-corrected chi connectivity index (χ3v) is 8.10. The standard InChI is InChI=1S/C23H24ClN5O4S/c1-16(23(30)33-2)34(31,32)29-12-10-28(11-13-29)21-14-20(17-5-7-19(24)8-6-17)26-22(27-21)18-4-3-9-25-15-18/h3-9,14-16H,10-13H2,1-2H3. The van der Waals surface area contributed by atoms with E-state index in [1.54, 1.807) is 24.5 Å². The zero-order valence-corrected chi connectivity index (χ0v) is 20.3. The zero-order valence-electron chi connectivity index (χ0n) is 18.8. The van der Waals surface area contributed by atoms with E-state index in [0.29, 0.717) is 29.8 Å². The molecular formula is C23H24ClN5O4S. The van der Waals surface area contributed by atoms with Gasteiger partial charge in [0.05, 0.1) is 12.8 Å². The van der Waals surface area contributed by atoms with E-state index in [-0.39, 0.29) is 13.1 Å². The number of piperazine rings is 1. The summed E-state index contributed by atoms with van der Waals surface area (Å²) in [6.07, 6.45) is 3.38. The van der Waals surface area contributed by atoms with Gasteiger partial charge >= 0.3 is 5.97 Å². The second kappa shape index (κ2) is 10.0. The molecule has 0 saturated carbocycles. The minimum Gasteiger partial charge on any atom is -0.468 e. The first-order chi connectivity index (χ1) is 16.3. The lowest BCUT2D eigenvalue weighted by Gasteiger charge is -2.35. The molecule has 2 aromatic heterocycles. The van der Waals surface area contributed by atoms with E-state index < -0.39 is 21.2 Å². The van der Waals surface area contributed by atoms with Crippen LogP contribution in [0.3, 0.4) is 0 Å². The molecule has 9 nitrogen and oxygen atoms in total. The first-order valence-corrected chi connectivity index (χ1v) is 12.5. The van der Waals surface area contributed by atoms with Crippen molar-refractivity contribution in [2.45, 2.75) is 12.2 Å². The average molecular weight is 502 g/mol. The fraction of sp³-hybridized carbons (Fsp3) is 0.304. The average Bonchev–Trinajstić information content (AvgIpc) is 2.88. The van der Waals surface area contributed by atoms with Crippen molar-refractivity contribution in [1.29, 1.82) is 0 Å². The first kappa shape index (κ1) is 24.1. The van der Waals surface area contributed by atoms with Crippen molar-refractivity contribution in [1.82, 2.24) is 19.3 Å². The van der Waals surface area contributed by atoms with E-state index in [9.17, 15) is 13.2 Å². The number of halogens is 1. The number of anilines is 1. The number of methoxy groups -OCH3 is 1. The van der Waals surface area contributed by atoms with Gasteiger partial charge in [0.25, 0.3) is 0 Å². The first-order valence-electron chi connectivity index (χ1n) is 10.7. The predicted octanol–water partition coefficient (Wildman–Crippen LogP) is 2.87. The molecular weight excluding hydrogens is 478 g/mol. The molecule has 0 aliphatic carbocycles. The number of esters is 1. The van der Waals surface area contributed by atoms with E-state index in [1.807, 2.05) is 35.2 Å². The third-order valence-electron chi connectivity index (χ3n) is 5.67. The van der Waals surface area contributed by atoms with Crippen molar-refractivity contribution in [3.63, 3.8) is 0 Å². The van der Waals surface area contributed by atoms with E-state index in [4.69, 9.17) is 21.6 Å². The lowest BCUT2D eigenvalue weighted by atomic mass is 10.1. The maximum atomic E-state index is 12.8. The Balaban J connectivity index is 1.62. The SMILES string of the molecule is COC(=O)C(C)S(=O)(=O)N1CCN(c2cc(-c3ccc(Cl)cc3)nc(-c3cccnc3)n2)CC1. The molecule has 0 N–H and O–H groups in total. The van der Waals surface area contributed by atoms with Crippen LogP contribution < -0.4 is 4.90 Å². The number of carbonyl (C=O) groups excluding carboxylic acids is 1. The highest BCUT2D eigenvalue weighted by Crippen LogP contribution is 2.28. The summed E-state index contributed by atoms with van der Waals surface area (Å²) < 4.78 is 31.5. The van der Waals surface area contributed by atoms with Crippen molar-refractivity contribution in [2.24, 2.45) is 0 Å². The second-order valence-electron chi connectivity index (χ2n) is 7.78. The number of carbonyl (C=O) groups is 1. The van der Waals surface area contributed by atoms with E-state index >= 15 is 0 Å². The number of hydrogen-bond acceptors (Lipinski definition) is 8. The number of nitrogens with zero attached hydrogens (tertiary/aromatic N) is 5. The van der Waals surface area contributed by atoms with Gasteiger partial charge in [0, 0.05) is 60.8 Å². The molecule has 178 valence electrons. The largest absolute Gasteiger partial charge is 0.468 e. The van der Waals surface area contributed by atoms with Crippen LogP contribution in [0.25, 0.3) is 22.6 Å². The predicted molar refractivity (Wildman–Crippen MR) is 130 cm³/mol. The van der Waals surface area contributed by atoms with Crippen LogP contribution in [-0.2, 0) is 19.6 Å². The smallest absolute Gasteiger partial charge is 0.325 e. The Bertz CT molecular complexity index is 1260. The van der Waals surface area contributed by atoms with E-state index in [2.05, 4.69) is 9.72 Å². The number of ether oxygens (including phenoxy) is 1. The number of pyridine rings is 1. The van der Waals surface area contributed by atoms with Gasteiger partial charge in [0.2, 0.25) is 10.0 Å². The van der Waals surface area contributed by atoms with E-state index in [1.165, 1.54) is 18.3 Å². The normalized spacial score (nSPS) is 15.7. The number of hydrogen-bond donors (Lipinski definition) is 0. The van der Waals surface area contributed by atoms with Crippen LogP contribution in [0.4, 0.5) is 5.82 Å². The van der Waals surface area contributed by atoms with Crippen LogP contribution in [-0.4, -0.2) is 72.2 Å².